The van der Waals surface area contributed by atoms with Gasteiger partial charge in [0.15, 0.2) is 0 Å². The summed E-state index contributed by atoms with van der Waals surface area (Å²) in [6.07, 6.45) is 4.99. The van der Waals surface area contributed by atoms with Gasteiger partial charge in [-0.05, 0) is 22.4 Å². The molecule has 1 heterocycles. The Balaban J connectivity index is 2.28. The van der Waals surface area contributed by atoms with Crippen LogP contribution in [-0.4, -0.2) is 20.8 Å². The molecule has 5 nitrogen and oxygen atoms in total. The molecule has 6 heteroatoms. The van der Waals surface area contributed by atoms with Gasteiger partial charge in [0.2, 0.25) is 0 Å². The first-order valence-corrected chi connectivity index (χ1v) is 4.66. The molecule has 0 radical (unpaired) electrons. The van der Waals surface area contributed by atoms with Crippen LogP contribution in [0.1, 0.15) is 12.8 Å². The molecule has 0 fully saturated rings. The zero-order chi connectivity index (χ0) is 9.68. The molecule has 1 rings (SSSR count). The predicted molar refractivity (Wildman–Crippen MR) is 52.6 cm³/mol. The standard InChI is InChI=1S/C7H11BrN4O/c8-6-4-10-12(5-6)3-1-2-7(9)11-13/h4-5,13H,1-3H2,(H2,9,11). The van der Waals surface area contributed by atoms with Gasteiger partial charge in [0, 0.05) is 19.2 Å². The Morgan fingerprint density at radius 1 is 1.77 bits per heavy atom. The lowest BCUT2D eigenvalue weighted by atomic mass is 10.3. The van der Waals surface area contributed by atoms with E-state index < -0.39 is 0 Å². The van der Waals surface area contributed by atoms with Crippen molar-refractivity contribution < 1.29 is 5.21 Å². The largest absolute Gasteiger partial charge is 0.409 e. The molecule has 0 aromatic carbocycles. The number of hydrogen-bond donors (Lipinski definition) is 2. The van der Waals surface area contributed by atoms with Crippen molar-refractivity contribution in [2.75, 3.05) is 0 Å². The third kappa shape index (κ3) is 3.45. The van der Waals surface area contributed by atoms with Crippen LogP contribution >= 0.6 is 15.9 Å². The van der Waals surface area contributed by atoms with Crippen LogP contribution in [0.3, 0.4) is 0 Å². The Hall–Kier alpha value is -1.04. The second-order valence-corrected chi connectivity index (χ2v) is 3.53. The number of aryl methyl sites for hydroxylation is 1. The van der Waals surface area contributed by atoms with E-state index in [1.165, 1.54) is 0 Å². The van der Waals surface area contributed by atoms with E-state index >= 15 is 0 Å². The second kappa shape index (κ2) is 4.86. The summed E-state index contributed by atoms with van der Waals surface area (Å²) >= 11 is 3.29. The van der Waals surface area contributed by atoms with Gasteiger partial charge >= 0.3 is 0 Å². The fraction of sp³-hybridized carbons (Fsp3) is 0.429. The van der Waals surface area contributed by atoms with Crippen molar-refractivity contribution in [3.63, 3.8) is 0 Å². The third-order valence-corrected chi connectivity index (χ3v) is 1.96. The first-order chi connectivity index (χ1) is 6.22. The van der Waals surface area contributed by atoms with Gasteiger partial charge in [-0.15, -0.1) is 0 Å². The summed E-state index contributed by atoms with van der Waals surface area (Å²) in [5.41, 5.74) is 5.30. The van der Waals surface area contributed by atoms with E-state index in [9.17, 15) is 0 Å². The summed E-state index contributed by atoms with van der Waals surface area (Å²) in [4.78, 5) is 0. The summed E-state index contributed by atoms with van der Waals surface area (Å²) in [6, 6.07) is 0. The van der Waals surface area contributed by atoms with Gasteiger partial charge in [0.1, 0.15) is 5.84 Å². The molecule has 0 saturated carbocycles. The lowest BCUT2D eigenvalue weighted by Gasteiger charge is -1.99. The summed E-state index contributed by atoms with van der Waals surface area (Å²) in [5, 5.41) is 15.2. The van der Waals surface area contributed by atoms with Crippen molar-refractivity contribution in [1.29, 1.82) is 0 Å². The van der Waals surface area contributed by atoms with Crippen molar-refractivity contribution in [2.24, 2.45) is 10.9 Å². The molecule has 1 aromatic rings. The van der Waals surface area contributed by atoms with Crippen molar-refractivity contribution in [3.05, 3.63) is 16.9 Å². The fourth-order valence-corrected chi connectivity index (χ4v) is 1.26. The first kappa shape index (κ1) is 10.0. The Morgan fingerprint density at radius 2 is 2.54 bits per heavy atom. The predicted octanol–water partition coefficient (Wildman–Crippen LogP) is 1.17. The number of halogens is 1. The topological polar surface area (TPSA) is 76.4 Å². The Morgan fingerprint density at radius 3 is 3.08 bits per heavy atom. The van der Waals surface area contributed by atoms with E-state index in [2.05, 4.69) is 26.2 Å². The minimum absolute atomic E-state index is 0.256. The highest BCUT2D eigenvalue weighted by Gasteiger charge is 1.96. The maximum Gasteiger partial charge on any atom is 0.139 e. The first-order valence-electron chi connectivity index (χ1n) is 3.86. The van der Waals surface area contributed by atoms with Crippen LogP contribution in [-0.2, 0) is 6.54 Å². The van der Waals surface area contributed by atoms with E-state index in [1.807, 2.05) is 6.20 Å². The lowest BCUT2D eigenvalue weighted by molar-refractivity contribution is 0.316. The van der Waals surface area contributed by atoms with Crippen LogP contribution < -0.4 is 5.73 Å². The monoisotopic (exact) mass is 246 g/mol. The number of nitrogens with two attached hydrogens (primary N) is 1. The van der Waals surface area contributed by atoms with E-state index in [0.29, 0.717) is 6.42 Å². The normalized spacial score (nSPS) is 11.9. The lowest BCUT2D eigenvalue weighted by Crippen LogP contribution is -2.12. The van der Waals surface area contributed by atoms with Crippen molar-refractivity contribution in [2.45, 2.75) is 19.4 Å². The highest BCUT2D eigenvalue weighted by atomic mass is 79.9. The molecule has 1 aromatic heterocycles. The molecule has 0 aliphatic rings. The third-order valence-electron chi connectivity index (χ3n) is 1.55. The molecule has 0 atom stereocenters. The molecule has 13 heavy (non-hydrogen) atoms. The van der Waals surface area contributed by atoms with Crippen LogP contribution in [0.4, 0.5) is 0 Å². The maximum atomic E-state index is 8.27. The van der Waals surface area contributed by atoms with Crippen LogP contribution in [0.25, 0.3) is 0 Å². The summed E-state index contributed by atoms with van der Waals surface area (Å²) < 4.78 is 2.76. The molecule has 0 unspecified atom stereocenters. The van der Waals surface area contributed by atoms with E-state index in [0.717, 1.165) is 17.4 Å². The van der Waals surface area contributed by atoms with Gasteiger partial charge in [-0.1, -0.05) is 5.16 Å². The second-order valence-electron chi connectivity index (χ2n) is 2.62. The van der Waals surface area contributed by atoms with Crippen molar-refractivity contribution in [3.8, 4) is 0 Å². The average molecular weight is 247 g/mol. The van der Waals surface area contributed by atoms with E-state index in [-0.39, 0.29) is 5.84 Å². The molecule has 0 bridgehead atoms. The summed E-state index contributed by atoms with van der Waals surface area (Å²) in [6.45, 7) is 0.766. The molecule has 72 valence electrons. The average Bonchev–Trinajstić information content (AvgIpc) is 2.51. The fourth-order valence-electron chi connectivity index (χ4n) is 0.933. The van der Waals surface area contributed by atoms with Crippen molar-refractivity contribution in [1.82, 2.24) is 9.78 Å². The van der Waals surface area contributed by atoms with Gasteiger partial charge in [-0.25, -0.2) is 0 Å². The number of amidine groups is 1. The number of nitrogens with zero attached hydrogens (tertiary/aromatic N) is 3. The van der Waals surface area contributed by atoms with Gasteiger partial charge in [0.25, 0.3) is 0 Å². The molecule has 0 saturated heterocycles. The highest BCUT2D eigenvalue weighted by Crippen LogP contribution is 2.06. The van der Waals surface area contributed by atoms with Gasteiger partial charge in [0.05, 0.1) is 10.7 Å². The zero-order valence-electron chi connectivity index (χ0n) is 7.02. The number of rotatable bonds is 4. The van der Waals surface area contributed by atoms with E-state index in [4.69, 9.17) is 10.9 Å². The number of hydrogen-bond acceptors (Lipinski definition) is 3. The smallest absolute Gasteiger partial charge is 0.139 e. The Labute approximate surface area is 84.3 Å². The number of oxime groups is 1. The zero-order valence-corrected chi connectivity index (χ0v) is 8.61. The molecule has 0 amide bonds. The van der Waals surface area contributed by atoms with Gasteiger partial charge in [-0.3, -0.25) is 4.68 Å². The molecule has 0 aliphatic carbocycles. The maximum absolute atomic E-state index is 8.27. The van der Waals surface area contributed by atoms with Crippen LogP contribution in [0, 0.1) is 0 Å². The molecule has 0 aliphatic heterocycles. The van der Waals surface area contributed by atoms with Gasteiger partial charge < -0.3 is 10.9 Å². The molecular weight excluding hydrogens is 236 g/mol. The minimum Gasteiger partial charge on any atom is -0.409 e. The Kier molecular flexibility index (Phi) is 3.75. The summed E-state index contributed by atoms with van der Waals surface area (Å²) in [7, 11) is 0. The van der Waals surface area contributed by atoms with E-state index in [1.54, 1.807) is 10.9 Å². The Bertz CT molecular complexity index is 296. The van der Waals surface area contributed by atoms with Crippen LogP contribution in [0.5, 0.6) is 0 Å². The quantitative estimate of drug-likeness (QED) is 0.363. The van der Waals surface area contributed by atoms with Gasteiger partial charge in [-0.2, -0.15) is 5.10 Å². The molecule has 0 spiro atoms. The highest BCUT2D eigenvalue weighted by molar-refractivity contribution is 9.10. The van der Waals surface area contributed by atoms with Crippen LogP contribution in [0.15, 0.2) is 22.0 Å². The minimum atomic E-state index is 0.256. The van der Waals surface area contributed by atoms with Crippen molar-refractivity contribution >= 4 is 21.8 Å². The van der Waals surface area contributed by atoms with Crippen LogP contribution in [0.2, 0.25) is 0 Å². The summed E-state index contributed by atoms with van der Waals surface area (Å²) in [5.74, 6) is 0.256. The molecule has 3 N–H and O–H groups in total. The molecular formula is C7H11BrN4O. The number of aromatic nitrogens is 2. The SMILES string of the molecule is N/C(CCCn1cc(Br)cn1)=N\O.